The highest BCUT2D eigenvalue weighted by atomic mass is 15.3. The van der Waals surface area contributed by atoms with Crippen molar-refractivity contribution in [3.05, 3.63) is 12.1 Å². The highest BCUT2D eigenvalue weighted by molar-refractivity contribution is 5.42. The van der Waals surface area contributed by atoms with Crippen molar-refractivity contribution in [2.24, 2.45) is 0 Å². The van der Waals surface area contributed by atoms with Gasteiger partial charge in [-0.05, 0) is 25.1 Å². The van der Waals surface area contributed by atoms with Crippen LogP contribution in [0.4, 0.5) is 11.6 Å². The first-order chi connectivity index (χ1) is 7.25. The zero-order valence-corrected chi connectivity index (χ0v) is 9.20. The molecule has 5 heteroatoms. The largest absolute Gasteiger partial charge is 0.365 e. The Balaban J connectivity index is 1.97. The average molecular weight is 207 g/mol. The number of rotatable bonds is 3. The van der Waals surface area contributed by atoms with Gasteiger partial charge in [-0.1, -0.05) is 0 Å². The zero-order chi connectivity index (χ0) is 10.7. The summed E-state index contributed by atoms with van der Waals surface area (Å²) in [6.45, 7) is 2.10. The second-order valence-corrected chi connectivity index (χ2v) is 4.01. The Labute approximate surface area is 89.9 Å². The third-order valence-corrected chi connectivity index (χ3v) is 2.52. The molecule has 0 saturated carbocycles. The summed E-state index contributed by atoms with van der Waals surface area (Å²) in [7, 11) is 3.91. The summed E-state index contributed by atoms with van der Waals surface area (Å²) in [5.41, 5.74) is 0. The Morgan fingerprint density at radius 3 is 2.80 bits per heavy atom. The summed E-state index contributed by atoms with van der Waals surface area (Å²) in [6, 6.07) is 4.43. The lowest BCUT2D eigenvalue weighted by Crippen LogP contribution is -2.23. The van der Waals surface area contributed by atoms with Crippen LogP contribution in [-0.2, 0) is 0 Å². The fourth-order valence-electron chi connectivity index (χ4n) is 1.63. The van der Waals surface area contributed by atoms with E-state index in [1.54, 1.807) is 0 Å². The van der Waals surface area contributed by atoms with Crippen molar-refractivity contribution in [1.82, 2.24) is 15.5 Å². The molecule has 0 aliphatic carbocycles. The molecule has 2 heterocycles. The fraction of sp³-hybridized carbons (Fsp3) is 0.600. The van der Waals surface area contributed by atoms with Crippen molar-refractivity contribution >= 4 is 11.6 Å². The standard InChI is InChI=1S/C10H17N5/c1-15(2)10-4-3-9(13-14-10)12-8-5-6-11-7-8/h3-4,8,11H,5-7H2,1-2H3,(H,12,13). The third kappa shape index (κ3) is 2.56. The molecule has 1 atom stereocenters. The second kappa shape index (κ2) is 4.44. The van der Waals surface area contributed by atoms with Crippen molar-refractivity contribution in [2.75, 3.05) is 37.4 Å². The van der Waals surface area contributed by atoms with E-state index in [-0.39, 0.29) is 0 Å². The van der Waals surface area contributed by atoms with E-state index in [2.05, 4.69) is 20.8 Å². The quantitative estimate of drug-likeness (QED) is 0.747. The van der Waals surface area contributed by atoms with Crippen molar-refractivity contribution < 1.29 is 0 Å². The van der Waals surface area contributed by atoms with Crippen LogP contribution in [0.2, 0.25) is 0 Å². The van der Waals surface area contributed by atoms with Crippen molar-refractivity contribution in [1.29, 1.82) is 0 Å². The van der Waals surface area contributed by atoms with Crippen LogP contribution in [0.3, 0.4) is 0 Å². The van der Waals surface area contributed by atoms with Gasteiger partial charge in [-0.15, -0.1) is 10.2 Å². The van der Waals surface area contributed by atoms with E-state index in [1.165, 1.54) is 0 Å². The molecule has 0 bridgehead atoms. The number of anilines is 2. The minimum Gasteiger partial charge on any atom is -0.365 e. The molecule has 1 aromatic rings. The minimum absolute atomic E-state index is 0.490. The van der Waals surface area contributed by atoms with E-state index in [0.29, 0.717) is 6.04 Å². The van der Waals surface area contributed by atoms with E-state index >= 15 is 0 Å². The molecule has 0 aromatic carbocycles. The summed E-state index contributed by atoms with van der Waals surface area (Å²) in [5, 5.41) is 14.9. The first-order valence-electron chi connectivity index (χ1n) is 5.24. The fourth-order valence-corrected chi connectivity index (χ4v) is 1.63. The Morgan fingerprint density at radius 1 is 1.40 bits per heavy atom. The Morgan fingerprint density at radius 2 is 2.27 bits per heavy atom. The minimum atomic E-state index is 0.490. The van der Waals surface area contributed by atoms with Crippen LogP contribution in [0.1, 0.15) is 6.42 Å². The summed E-state index contributed by atoms with van der Waals surface area (Å²) >= 11 is 0. The SMILES string of the molecule is CN(C)c1ccc(NC2CCNC2)nn1. The second-order valence-electron chi connectivity index (χ2n) is 4.01. The molecule has 2 N–H and O–H groups in total. The molecule has 0 amide bonds. The van der Waals surface area contributed by atoms with Crippen molar-refractivity contribution in [3.8, 4) is 0 Å². The third-order valence-electron chi connectivity index (χ3n) is 2.52. The molecule has 1 aromatic heterocycles. The first kappa shape index (κ1) is 10.2. The van der Waals surface area contributed by atoms with E-state index in [4.69, 9.17) is 0 Å². The maximum Gasteiger partial charge on any atom is 0.150 e. The molecule has 1 aliphatic heterocycles. The number of hydrogen-bond donors (Lipinski definition) is 2. The number of nitrogens with zero attached hydrogens (tertiary/aromatic N) is 3. The number of nitrogens with one attached hydrogen (secondary N) is 2. The van der Waals surface area contributed by atoms with E-state index in [1.807, 2.05) is 31.1 Å². The Hall–Kier alpha value is -1.36. The molecule has 1 saturated heterocycles. The monoisotopic (exact) mass is 207 g/mol. The topological polar surface area (TPSA) is 53.1 Å². The summed E-state index contributed by atoms with van der Waals surface area (Å²) < 4.78 is 0. The average Bonchev–Trinajstić information content (AvgIpc) is 2.71. The van der Waals surface area contributed by atoms with Crippen LogP contribution in [-0.4, -0.2) is 43.4 Å². The Kier molecular flexibility index (Phi) is 3.01. The van der Waals surface area contributed by atoms with Gasteiger partial charge in [0.1, 0.15) is 5.82 Å². The van der Waals surface area contributed by atoms with Gasteiger partial charge in [-0.25, -0.2) is 0 Å². The number of hydrogen-bond acceptors (Lipinski definition) is 5. The molecule has 15 heavy (non-hydrogen) atoms. The van der Waals surface area contributed by atoms with Gasteiger partial charge in [0.15, 0.2) is 5.82 Å². The van der Waals surface area contributed by atoms with Crippen LogP contribution in [0.15, 0.2) is 12.1 Å². The van der Waals surface area contributed by atoms with Gasteiger partial charge in [-0.3, -0.25) is 0 Å². The molecular weight excluding hydrogens is 190 g/mol. The lowest BCUT2D eigenvalue weighted by molar-refractivity contribution is 0.781. The first-order valence-corrected chi connectivity index (χ1v) is 5.24. The molecule has 1 fully saturated rings. The lowest BCUT2D eigenvalue weighted by Gasteiger charge is -2.13. The van der Waals surface area contributed by atoms with Gasteiger partial charge < -0.3 is 15.5 Å². The lowest BCUT2D eigenvalue weighted by atomic mass is 10.2. The van der Waals surface area contributed by atoms with Crippen LogP contribution in [0.25, 0.3) is 0 Å². The van der Waals surface area contributed by atoms with E-state index in [9.17, 15) is 0 Å². The zero-order valence-electron chi connectivity index (χ0n) is 9.20. The van der Waals surface area contributed by atoms with Crippen molar-refractivity contribution in [3.63, 3.8) is 0 Å². The molecule has 82 valence electrons. The number of aromatic nitrogens is 2. The molecule has 1 unspecified atom stereocenters. The Bertz CT molecular complexity index is 302. The molecule has 5 nitrogen and oxygen atoms in total. The summed E-state index contributed by atoms with van der Waals surface area (Å²) in [6.07, 6.45) is 1.15. The summed E-state index contributed by atoms with van der Waals surface area (Å²) in [4.78, 5) is 1.94. The van der Waals surface area contributed by atoms with Crippen LogP contribution < -0.4 is 15.5 Å². The van der Waals surface area contributed by atoms with Gasteiger partial charge >= 0.3 is 0 Å². The van der Waals surface area contributed by atoms with Crippen molar-refractivity contribution in [2.45, 2.75) is 12.5 Å². The van der Waals surface area contributed by atoms with Gasteiger partial charge in [0, 0.05) is 26.7 Å². The predicted molar refractivity (Wildman–Crippen MR) is 61.3 cm³/mol. The highest BCUT2D eigenvalue weighted by Crippen LogP contribution is 2.11. The van der Waals surface area contributed by atoms with Crippen LogP contribution >= 0.6 is 0 Å². The van der Waals surface area contributed by atoms with Crippen LogP contribution in [0.5, 0.6) is 0 Å². The van der Waals surface area contributed by atoms with E-state index < -0.39 is 0 Å². The maximum atomic E-state index is 4.13. The molecule has 1 aliphatic rings. The molecule has 0 radical (unpaired) electrons. The normalized spacial score (nSPS) is 20.3. The molecule has 2 rings (SSSR count). The van der Waals surface area contributed by atoms with Gasteiger partial charge in [0.25, 0.3) is 0 Å². The predicted octanol–water partition coefficient (Wildman–Crippen LogP) is 0.316. The van der Waals surface area contributed by atoms with Gasteiger partial charge in [0.05, 0.1) is 0 Å². The molecular formula is C10H17N5. The van der Waals surface area contributed by atoms with Gasteiger partial charge in [0.2, 0.25) is 0 Å². The van der Waals surface area contributed by atoms with E-state index in [0.717, 1.165) is 31.1 Å². The highest BCUT2D eigenvalue weighted by Gasteiger charge is 2.14. The maximum absolute atomic E-state index is 4.13. The molecule has 0 spiro atoms. The van der Waals surface area contributed by atoms with Gasteiger partial charge in [-0.2, -0.15) is 0 Å². The smallest absolute Gasteiger partial charge is 0.150 e. The summed E-state index contributed by atoms with van der Waals surface area (Å²) in [5.74, 6) is 1.74. The van der Waals surface area contributed by atoms with Crippen LogP contribution in [0, 0.1) is 0 Å².